The van der Waals surface area contributed by atoms with E-state index in [4.69, 9.17) is 14.2 Å². The van der Waals surface area contributed by atoms with Gasteiger partial charge >= 0.3 is 0 Å². The molecule has 1 unspecified atom stereocenters. The average molecular weight is 288 g/mol. The highest BCUT2D eigenvalue weighted by atomic mass is 16.5. The van der Waals surface area contributed by atoms with Crippen molar-refractivity contribution in [2.45, 2.75) is 12.6 Å². The van der Waals surface area contributed by atoms with Crippen molar-refractivity contribution >= 4 is 0 Å². The lowest BCUT2D eigenvalue weighted by atomic mass is 10.0. The van der Waals surface area contributed by atoms with Gasteiger partial charge in [-0.3, -0.25) is 0 Å². The Morgan fingerprint density at radius 2 is 1.81 bits per heavy atom. The standard InChI is InChI=1S/C16H20N2O3/c1-19-13-9-11(10-14(20-2)16(13)21-3)15-12-5-4-7-18(12)8-6-17-15/h4-5,7,9-10,15,17H,6,8H2,1-3H3. The van der Waals surface area contributed by atoms with Crippen LogP contribution in [-0.4, -0.2) is 32.4 Å². The number of nitrogens with one attached hydrogen (secondary N) is 1. The van der Waals surface area contributed by atoms with E-state index >= 15 is 0 Å². The molecule has 0 saturated carbocycles. The molecule has 1 N–H and O–H groups in total. The normalized spacial score (nSPS) is 17.2. The second-order valence-corrected chi connectivity index (χ2v) is 4.97. The summed E-state index contributed by atoms with van der Waals surface area (Å²) in [4.78, 5) is 0. The van der Waals surface area contributed by atoms with Gasteiger partial charge in [0.2, 0.25) is 5.75 Å². The van der Waals surface area contributed by atoms with E-state index in [2.05, 4.69) is 28.2 Å². The molecule has 2 heterocycles. The Balaban J connectivity index is 2.08. The predicted molar refractivity (Wildman–Crippen MR) is 80.4 cm³/mol. The summed E-state index contributed by atoms with van der Waals surface area (Å²) in [5, 5.41) is 3.55. The molecule has 1 aromatic carbocycles. The number of benzene rings is 1. The van der Waals surface area contributed by atoms with Crippen molar-refractivity contribution in [3.63, 3.8) is 0 Å². The lowest BCUT2D eigenvalue weighted by Crippen LogP contribution is -2.33. The molecule has 0 bridgehead atoms. The maximum absolute atomic E-state index is 5.44. The number of rotatable bonds is 4. The van der Waals surface area contributed by atoms with E-state index in [1.165, 1.54) is 5.69 Å². The van der Waals surface area contributed by atoms with Crippen molar-refractivity contribution in [2.75, 3.05) is 27.9 Å². The first-order valence-corrected chi connectivity index (χ1v) is 6.96. The number of fused-ring (bicyclic) bond motifs is 1. The number of methoxy groups -OCH3 is 3. The molecule has 1 atom stereocenters. The van der Waals surface area contributed by atoms with Crippen molar-refractivity contribution < 1.29 is 14.2 Å². The summed E-state index contributed by atoms with van der Waals surface area (Å²) in [6, 6.07) is 8.35. The second kappa shape index (κ2) is 5.69. The van der Waals surface area contributed by atoms with Crippen LogP contribution in [0.4, 0.5) is 0 Å². The molecule has 1 aliphatic rings. The molecular weight excluding hydrogens is 268 g/mol. The highest BCUT2D eigenvalue weighted by molar-refractivity contribution is 5.55. The Bertz CT molecular complexity index is 611. The fraction of sp³-hybridized carbons (Fsp3) is 0.375. The third-order valence-electron chi connectivity index (χ3n) is 3.88. The minimum absolute atomic E-state index is 0.127. The van der Waals surface area contributed by atoms with Gasteiger partial charge in [-0.15, -0.1) is 0 Å². The maximum atomic E-state index is 5.44. The van der Waals surface area contributed by atoms with Crippen LogP contribution in [0.15, 0.2) is 30.5 Å². The molecule has 0 aliphatic carbocycles. The minimum atomic E-state index is 0.127. The van der Waals surface area contributed by atoms with Crippen LogP contribution in [0.25, 0.3) is 0 Å². The number of hydrogen-bond donors (Lipinski definition) is 1. The fourth-order valence-corrected chi connectivity index (χ4v) is 2.88. The van der Waals surface area contributed by atoms with Crippen LogP contribution in [0.2, 0.25) is 0 Å². The number of nitrogens with zero attached hydrogens (tertiary/aromatic N) is 1. The molecule has 0 fully saturated rings. The summed E-state index contributed by atoms with van der Waals surface area (Å²) in [6.45, 7) is 1.92. The van der Waals surface area contributed by atoms with Gasteiger partial charge < -0.3 is 24.1 Å². The van der Waals surface area contributed by atoms with Crippen LogP contribution in [0.3, 0.4) is 0 Å². The zero-order valence-electron chi connectivity index (χ0n) is 12.6. The highest BCUT2D eigenvalue weighted by Crippen LogP contribution is 2.41. The van der Waals surface area contributed by atoms with Crippen molar-refractivity contribution in [3.05, 3.63) is 41.7 Å². The number of aromatic nitrogens is 1. The first kappa shape index (κ1) is 13.8. The van der Waals surface area contributed by atoms with Gasteiger partial charge in [0.05, 0.1) is 27.4 Å². The van der Waals surface area contributed by atoms with Crippen molar-refractivity contribution in [1.29, 1.82) is 0 Å². The average Bonchev–Trinajstić information content (AvgIpc) is 3.01. The van der Waals surface area contributed by atoms with Crippen LogP contribution in [0.1, 0.15) is 17.3 Å². The van der Waals surface area contributed by atoms with Crippen molar-refractivity contribution in [1.82, 2.24) is 9.88 Å². The second-order valence-electron chi connectivity index (χ2n) is 4.97. The maximum Gasteiger partial charge on any atom is 0.203 e. The summed E-state index contributed by atoms with van der Waals surface area (Å²) in [7, 11) is 4.89. The molecule has 0 saturated heterocycles. The molecule has 5 nitrogen and oxygen atoms in total. The first-order chi connectivity index (χ1) is 10.3. The van der Waals surface area contributed by atoms with Gasteiger partial charge in [-0.1, -0.05) is 0 Å². The molecule has 1 aromatic heterocycles. The Morgan fingerprint density at radius 1 is 1.10 bits per heavy atom. The quantitative estimate of drug-likeness (QED) is 0.937. The van der Waals surface area contributed by atoms with E-state index in [0.717, 1.165) is 18.7 Å². The van der Waals surface area contributed by atoms with Gasteiger partial charge in [-0.05, 0) is 29.8 Å². The zero-order chi connectivity index (χ0) is 14.8. The molecule has 2 aromatic rings. The molecule has 0 spiro atoms. The van der Waals surface area contributed by atoms with Crippen LogP contribution in [-0.2, 0) is 6.54 Å². The van der Waals surface area contributed by atoms with Gasteiger partial charge in [0.25, 0.3) is 0 Å². The summed E-state index contributed by atoms with van der Waals surface area (Å²) >= 11 is 0. The largest absolute Gasteiger partial charge is 0.493 e. The van der Waals surface area contributed by atoms with E-state index in [1.807, 2.05) is 12.1 Å². The third kappa shape index (κ3) is 2.34. The summed E-state index contributed by atoms with van der Waals surface area (Å²) in [6.07, 6.45) is 2.11. The molecule has 5 heteroatoms. The van der Waals surface area contributed by atoms with Crippen molar-refractivity contribution in [3.8, 4) is 17.2 Å². The van der Waals surface area contributed by atoms with Gasteiger partial charge in [-0.2, -0.15) is 0 Å². The zero-order valence-corrected chi connectivity index (χ0v) is 12.6. The topological polar surface area (TPSA) is 44.7 Å². The Kier molecular flexibility index (Phi) is 3.75. The Hall–Kier alpha value is -2.14. The summed E-state index contributed by atoms with van der Waals surface area (Å²) in [5.41, 5.74) is 2.35. The van der Waals surface area contributed by atoms with Crippen LogP contribution < -0.4 is 19.5 Å². The van der Waals surface area contributed by atoms with Crippen LogP contribution >= 0.6 is 0 Å². The molecule has 0 amide bonds. The summed E-state index contributed by atoms with van der Waals surface area (Å²) < 4.78 is 18.5. The monoisotopic (exact) mass is 288 g/mol. The van der Waals surface area contributed by atoms with Crippen molar-refractivity contribution in [2.24, 2.45) is 0 Å². The van der Waals surface area contributed by atoms with E-state index in [0.29, 0.717) is 17.2 Å². The minimum Gasteiger partial charge on any atom is -0.493 e. The Labute approximate surface area is 124 Å². The SMILES string of the molecule is COc1cc(C2NCCn3cccc32)cc(OC)c1OC. The summed E-state index contributed by atoms with van der Waals surface area (Å²) in [5.74, 6) is 1.98. The van der Waals surface area contributed by atoms with Gasteiger partial charge in [0, 0.05) is 25.0 Å². The number of hydrogen-bond acceptors (Lipinski definition) is 4. The van der Waals surface area contributed by atoms with Gasteiger partial charge in [0.15, 0.2) is 11.5 Å². The third-order valence-corrected chi connectivity index (χ3v) is 3.88. The molecule has 3 rings (SSSR count). The molecular formula is C16H20N2O3. The van der Waals surface area contributed by atoms with E-state index < -0.39 is 0 Å². The Morgan fingerprint density at radius 3 is 2.43 bits per heavy atom. The molecule has 21 heavy (non-hydrogen) atoms. The van der Waals surface area contributed by atoms with E-state index in [-0.39, 0.29) is 6.04 Å². The lowest BCUT2D eigenvalue weighted by molar-refractivity contribution is 0.323. The van der Waals surface area contributed by atoms with E-state index in [1.54, 1.807) is 21.3 Å². The van der Waals surface area contributed by atoms with Gasteiger partial charge in [0.1, 0.15) is 0 Å². The van der Waals surface area contributed by atoms with Crippen LogP contribution in [0.5, 0.6) is 17.2 Å². The lowest BCUT2D eigenvalue weighted by Gasteiger charge is -2.27. The first-order valence-electron chi connectivity index (χ1n) is 6.96. The smallest absolute Gasteiger partial charge is 0.203 e. The van der Waals surface area contributed by atoms with Crippen LogP contribution in [0, 0.1) is 0 Å². The van der Waals surface area contributed by atoms with E-state index in [9.17, 15) is 0 Å². The van der Waals surface area contributed by atoms with Gasteiger partial charge in [-0.25, -0.2) is 0 Å². The number of ether oxygens (including phenoxy) is 3. The fourth-order valence-electron chi connectivity index (χ4n) is 2.88. The molecule has 1 aliphatic heterocycles. The molecule has 0 radical (unpaired) electrons. The highest BCUT2D eigenvalue weighted by Gasteiger charge is 2.24. The molecule has 112 valence electrons. The predicted octanol–water partition coefficient (Wildman–Crippen LogP) is 2.21.